The highest BCUT2D eigenvalue weighted by atomic mass is 79.9. The maximum atomic E-state index is 4.78. The van der Waals surface area contributed by atoms with E-state index in [2.05, 4.69) is 52.4 Å². The fourth-order valence-corrected chi connectivity index (χ4v) is 3.22. The third-order valence-corrected chi connectivity index (χ3v) is 4.37. The molecular formula is C14H17BrN2S. The summed E-state index contributed by atoms with van der Waals surface area (Å²) in [5.74, 6) is 0. The molecule has 1 N–H and O–H groups in total. The number of hydrogen-bond donors (Lipinski definition) is 1. The van der Waals surface area contributed by atoms with Gasteiger partial charge in [0, 0.05) is 21.5 Å². The first-order valence-corrected chi connectivity index (χ1v) is 7.74. The average molecular weight is 325 g/mol. The topological polar surface area (TPSA) is 24.9 Å². The van der Waals surface area contributed by atoms with Crippen LogP contribution in [0.4, 0.5) is 0 Å². The molecule has 2 nitrogen and oxygen atoms in total. The number of nitrogens with zero attached hydrogens (tertiary/aromatic N) is 1. The van der Waals surface area contributed by atoms with Crippen LogP contribution < -0.4 is 5.32 Å². The number of benzene rings is 1. The van der Waals surface area contributed by atoms with Crippen LogP contribution in [-0.2, 0) is 13.0 Å². The van der Waals surface area contributed by atoms with Crippen molar-refractivity contribution in [1.82, 2.24) is 10.3 Å². The van der Waals surface area contributed by atoms with Gasteiger partial charge in [0.25, 0.3) is 0 Å². The van der Waals surface area contributed by atoms with E-state index in [0.29, 0.717) is 0 Å². The van der Waals surface area contributed by atoms with Gasteiger partial charge in [-0.2, -0.15) is 0 Å². The van der Waals surface area contributed by atoms with Crippen molar-refractivity contribution in [2.24, 2.45) is 0 Å². The molecule has 1 aromatic carbocycles. The molecule has 0 amide bonds. The van der Waals surface area contributed by atoms with Crippen LogP contribution in [0.2, 0.25) is 0 Å². The Balaban J connectivity index is 2.33. The Bertz CT molecular complexity index is 482. The number of halogens is 1. The first kappa shape index (κ1) is 13.7. The minimum atomic E-state index is 0.906. The molecule has 0 radical (unpaired) electrons. The molecule has 0 saturated heterocycles. The number of aryl methyl sites for hydroxylation is 1. The van der Waals surface area contributed by atoms with E-state index in [4.69, 9.17) is 4.98 Å². The molecule has 0 atom stereocenters. The molecule has 0 spiro atoms. The maximum Gasteiger partial charge on any atom is 0.123 e. The lowest BCUT2D eigenvalue weighted by atomic mass is 10.2. The predicted molar refractivity (Wildman–Crippen MR) is 82.0 cm³/mol. The molecule has 0 aliphatic heterocycles. The van der Waals surface area contributed by atoms with Crippen molar-refractivity contribution in [3.8, 4) is 10.6 Å². The average Bonchev–Trinajstić information content (AvgIpc) is 2.75. The number of aromatic nitrogens is 1. The summed E-state index contributed by atoms with van der Waals surface area (Å²) in [6, 6.07) is 8.35. The van der Waals surface area contributed by atoms with Crippen LogP contribution in [0.1, 0.15) is 23.9 Å². The Kier molecular flexibility index (Phi) is 4.92. The molecule has 1 aromatic heterocycles. The molecule has 18 heavy (non-hydrogen) atoms. The fraction of sp³-hybridized carbons (Fsp3) is 0.357. The molecule has 4 heteroatoms. The second-order valence-electron chi connectivity index (χ2n) is 4.18. The minimum absolute atomic E-state index is 0.906. The highest BCUT2D eigenvalue weighted by molar-refractivity contribution is 9.10. The minimum Gasteiger partial charge on any atom is -0.315 e. The zero-order valence-electron chi connectivity index (χ0n) is 10.7. The van der Waals surface area contributed by atoms with Gasteiger partial charge in [-0.05, 0) is 25.6 Å². The first-order valence-electron chi connectivity index (χ1n) is 6.13. The molecule has 0 unspecified atom stereocenters. The summed E-state index contributed by atoms with van der Waals surface area (Å²) < 4.78 is 1.10. The van der Waals surface area contributed by atoms with Gasteiger partial charge in [0.2, 0.25) is 0 Å². The molecule has 0 fully saturated rings. The maximum absolute atomic E-state index is 4.78. The predicted octanol–water partition coefficient (Wildman–Crippen LogP) is 4.24. The van der Waals surface area contributed by atoms with Crippen LogP contribution >= 0.6 is 27.3 Å². The second-order valence-corrected chi connectivity index (χ2v) is 6.18. The quantitative estimate of drug-likeness (QED) is 0.889. The van der Waals surface area contributed by atoms with E-state index in [1.54, 1.807) is 11.3 Å². The smallest absolute Gasteiger partial charge is 0.123 e. The lowest BCUT2D eigenvalue weighted by molar-refractivity contribution is 0.798. The molecule has 0 saturated carbocycles. The van der Waals surface area contributed by atoms with E-state index >= 15 is 0 Å². The molecule has 1 heterocycles. The Labute approximate surface area is 121 Å². The van der Waals surface area contributed by atoms with E-state index < -0.39 is 0 Å². The summed E-state index contributed by atoms with van der Waals surface area (Å²) >= 11 is 5.25. The molecule has 96 valence electrons. The summed E-state index contributed by atoms with van der Waals surface area (Å²) in [4.78, 5) is 6.14. The van der Waals surface area contributed by atoms with E-state index in [0.717, 1.165) is 28.9 Å². The van der Waals surface area contributed by atoms with Crippen LogP contribution in [0.15, 0.2) is 28.7 Å². The van der Waals surface area contributed by atoms with E-state index in [-0.39, 0.29) is 0 Å². The molecule has 0 bridgehead atoms. The van der Waals surface area contributed by atoms with Crippen molar-refractivity contribution < 1.29 is 0 Å². The van der Waals surface area contributed by atoms with E-state index in [1.165, 1.54) is 16.1 Å². The van der Waals surface area contributed by atoms with Crippen LogP contribution in [0, 0.1) is 0 Å². The first-order chi connectivity index (χ1) is 8.74. The zero-order chi connectivity index (χ0) is 13.0. The Morgan fingerprint density at radius 3 is 2.61 bits per heavy atom. The van der Waals surface area contributed by atoms with Crippen molar-refractivity contribution in [3.05, 3.63) is 39.3 Å². The number of nitrogens with one attached hydrogen (secondary N) is 1. The highest BCUT2D eigenvalue weighted by Gasteiger charge is 2.11. The lowest BCUT2D eigenvalue weighted by Gasteiger charge is -1.98. The van der Waals surface area contributed by atoms with Gasteiger partial charge in [0.05, 0.1) is 5.69 Å². The monoisotopic (exact) mass is 324 g/mol. The summed E-state index contributed by atoms with van der Waals surface area (Å²) in [7, 11) is 1.98. The van der Waals surface area contributed by atoms with Crippen molar-refractivity contribution in [2.75, 3.05) is 7.05 Å². The number of thiazole rings is 1. The number of rotatable bonds is 5. The summed E-state index contributed by atoms with van der Waals surface area (Å²) in [5.41, 5.74) is 2.44. The van der Waals surface area contributed by atoms with Crippen LogP contribution in [0.25, 0.3) is 10.6 Å². The molecule has 0 aliphatic rings. The molecule has 2 rings (SSSR count). The Morgan fingerprint density at radius 1 is 1.28 bits per heavy atom. The summed E-state index contributed by atoms with van der Waals surface area (Å²) in [5, 5.41) is 4.34. The van der Waals surface area contributed by atoms with Crippen LogP contribution in [-0.4, -0.2) is 12.0 Å². The van der Waals surface area contributed by atoms with Gasteiger partial charge >= 0.3 is 0 Å². The van der Waals surface area contributed by atoms with Gasteiger partial charge < -0.3 is 5.32 Å². The Hall–Kier alpha value is -0.710. The SMILES string of the molecule is CCCc1nc(-c2ccc(Br)cc2)sc1CNC. The number of hydrogen-bond acceptors (Lipinski definition) is 3. The van der Waals surface area contributed by atoms with Crippen molar-refractivity contribution in [3.63, 3.8) is 0 Å². The van der Waals surface area contributed by atoms with Crippen molar-refractivity contribution in [2.45, 2.75) is 26.3 Å². The van der Waals surface area contributed by atoms with Crippen molar-refractivity contribution >= 4 is 27.3 Å². The van der Waals surface area contributed by atoms with E-state index in [1.807, 2.05) is 7.05 Å². The van der Waals surface area contributed by atoms with Gasteiger partial charge in [0.15, 0.2) is 0 Å². The molecule has 0 aliphatic carbocycles. The third kappa shape index (κ3) is 3.19. The normalized spacial score (nSPS) is 10.8. The third-order valence-electron chi connectivity index (χ3n) is 2.69. The van der Waals surface area contributed by atoms with Crippen LogP contribution in [0.3, 0.4) is 0 Å². The molecule has 2 aromatic rings. The largest absolute Gasteiger partial charge is 0.315 e. The van der Waals surface area contributed by atoms with Gasteiger partial charge in [-0.25, -0.2) is 4.98 Å². The lowest BCUT2D eigenvalue weighted by Crippen LogP contribution is -2.05. The highest BCUT2D eigenvalue weighted by Crippen LogP contribution is 2.29. The van der Waals surface area contributed by atoms with Gasteiger partial charge in [-0.3, -0.25) is 0 Å². The van der Waals surface area contributed by atoms with Gasteiger partial charge in [-0.15, -0.1) is 11.3 Å². The van der Waals surface area contributed by atoms with Crippen molar-refractivity contribution in [1.29, 1.82) is 0 Å². The van der Waals surface area contributed by atoms with Gasteiger partial charge in [-0.1, -0.05) is 41.4 Å². The second kappa shape index (κ2) is 6.45. The zero-order valence-corrected chi connectivity index (χ0v) is 13.1. The van der Waals surface area contributed by atoms with Gasteiger partial charge in [0.1, 0.15) is 5.01 Å². The fourth-order valence-electron chi connectivity index (χ4n) is 1.83. The molecular weight excluding hydrogens is 308 g/mol. The van der Waals surface area contributed by atoms with Crippen LogP contribution in [0.5, 0.6) is 0 Å². The summed E-state index contributed by atoms with van der Waals surface area (Å²) in [6.07, 6.45) is 2.20. The standard InChI is InChI=1S/C14H17BrN2S/c1-3-4-12-13(9-16-2)18-14(17-12)10-5-7-11(15)8-6-10/h5-8,16H,3-4,9H2,1-2H3. The van der Waals surface area contributed by atoms with E-state index in [9.17, 15) is 0 Å². The Morgan fingerprint density at radius 2 is 2.00 bits per heavy atom. The summed E-state index contributed by atoms with van der Waals surface area (Å²) in [6.45, 7) is 3.10.